The molecule has 0 atom stereocenters. The predicted octanol–water partition coefficient (Wildman–Crippen LogP) is 2.23. The number of rotatable bonds is 5. The van der Waals surface area contributed by atoms with Gasteiger partial charge in [0.1, 0.15) is 11.5 Å². The lowest BCUT2D eigenvalue weighted by Crippen LogP contribution is -2.47. The maximum absolute atomic E-state index is 12.4. The number of piperidine rings is 1. The molecule has 1 aromatic rings. The zero-order valence-corrected chi connectivity index (χ0v) is 15.1. The minimum Gasteiger partial charge on any atom is -0.497 e. The van der Waals surface area contributed by atoms with Gasteiger partial charge in [-0.2, -0.15) is 0 Å². The van der Waals surface area contributed by atoms with Crippen LogP contribution in [-0.2, 0) is 4.79 Å². The number of carbonyl (C=O) groups excluding carboxylic acids is 2. The summed E-state index contributed by atoms with van der Waals surface area (Å²) in [7, 11) is 3.06. The molecule has 1 N–H and O–H groups in total. The molecule has 0 radical (unpaired) electrons. The van der Waals surface area contributed by atoms with Gasteiger partial charge >= 0.3 is 0 Å². The number of hydrogen-bond donors (Lipinski definition) is 1. The van der Waals surface area contributed by atoms with Crippen LogP contribution in [0.15, 0.2) is 18.2 Å². The molecule has 1 aliphatic heterocycles. The van der Waals surface area contributed by atoms with Crippen LogP contribution in [0.3, 0.4) is 0 Å². The van der Waals surface area contributed by atoms with E-state index in [0.717, 1.165) is 0 Å². The van der Waals surface area contributed by atoms with E-state index in [4.69, 9.17) is 32.7 Å². The maximum atomic E-state index is 12.4. The van der Waals surface area contributed by atoms with Crippen molar-refractivity contribution in [2.75, 3.05) is 27.3 Å². The third-order valence-electron chi connectivity index (χ3n) is 3.94. The van der Waals surface area contributed by atoms with Crippen molar-refractivity contribution in [1.82, 2.24) is 10.2 Å². The van der Waals surface area contributed by atoms with Gasteiger partial charge in [0.25, 0.3) is 11.8 Å². The number of hydrogen-bond acceptors (Lipinski definition) is 4. The lowest BCUT2D eigenvalue weighted by molar-refractivity contribution is -0.130. The van der Waals surface area contributed by atoms with Crippen LogP contribution in [0, 0.1) is 0 Å². The number of alkyl halides is 2. The molecule has 6 nitrogen and oxygen atoms in total. The summed E-state index contributed by atoms with van der Waals surface area (Å²) in [6.45, 7) is 1.03. The molecule has 0 spiro atoms. The number of ether oxygens (including phenoxy) is 2. The van der Waals surface area contributed by atoms with Gasteiger partial charge in [-0.1, -0.05) is 23.2 Å². The van der Waals surface area contributed by atoms with E-state index in [-0.39, 0.29) is 17.9 Å². The van der Waals surface area contributed by atoms with E-state index in [9.17, 15) is 9.59 Å². The van der Waals surface area contributed by atoms with Crippen LogP contribution >= 0.6 is 23.2 Å². The number of nitrogens with one attached hydrogen (secondary N) is 1. The smallest absolute Gasteiger partial charge is 0.255 e. The topological polar surface area (TPSA) is 67.9 Å². The van der Waals surface area contributed by atoms with Gasteiger partial charge < -0.3 is 19.7 Å². The Bertz CT molecular complexity index is 579. The average molecular weight is 375 g/mol. The van der Waals surface area contributed by atoms with E-state index < -0.39 is 4.84 Å². The molecular formula is C16H20Cl2N2O4. The number of nitrogens with zero attached hydrogens (tertiary/aromatic N) is 1. The molecule has 1 saturated heterocycles. The summed E-state index contributed by atoms with van der Waals surface area (Å²) >= 11 is 11.2. The summed E-state index contributed by atoms with van der Waals surface area (Å²) in [4.78, 5) is 24.7. The molecule has 8 heteroatoms. The Balaban J connectivity index is 1.95. The number of amides is 2. The Kier molecular flexibility index (Phi) is 6.57. The number of benzene rings is 1. The second-order valence-electron chi connectivity index (χ2n) is 5.48. The fourth-order valence-corrected chi connectivity index (χ4v) is 2.87. The maximum Gasteiger partial charge on any atom is 0.255 e. The Morgan fingerprint density at radius 2 is 1.67 bits per heavy atom. The fourth-order valence-electron chi connectivity index (χ4n) is 2.59. The van der Waals surface area contributed by atoms with Crippen molar-refractivity contribution in [3.05, 3.63) is 23.8 Å². The highest BCUT2D eigenvalue weighted by atomic mass is 35.5. The summed E-state index contributed by atoms with van der Waals surface area (Å²) in [5.74, 6) is 0.607. The molecule has 2 amide bonds. The number of methoxy groups -OCH3 is 2. The molecule has 132 valence electrons. The minimum absolute atomic E-state index is 0.0113. The van der Waals surface area contributed by atoms with Crippen LogP contribution < -0.4 is 14.8 Å². The molecular weight excluding hydrogens is 355 g/mol. The van der Waals surface area contributed by atoms with Crippen LogP contribution in [0.25, 0.3) is 0 Å². The highest BCUT2D eigenvalue weighted by Gasteiger charge is 2.27. The second kappa shape index (κ2) is 8.44. The Morgan fingerprint density at radius 3 is 2.12 bits per heavy atom. The third kappa shape index (κ3) is 4.68. The van der Waals surface area contributed by atoms with Crippen molar-refractivity contribution in [3.8, 4) is 11.5 Å². The van der Waals surface area contributed by atoms with Gasteiger partial charge in [-0.25, -0.2) is 0 Å². The van der Waals surface area contributed by atoms with E-state index >= 15 is 0 Å². The van der Waals surface area contributed by atoms with Gasteiger partial charge in [-0.3, -0.25) is 9.59 Å². The van der Waals surface area contributed by atoms with E-state index in [0.29, 0.717) is 43.0 Å². The minimum atomic E-state index is -1.04. The van der Waals surface area contributed by atoms with Gasteiger partial charge in [-0.15, -0.1) is 0 Å². The van der Waals surface area contributed by atoms with Gasteiger partial charge in [0.05, 0.1) is 14.2 Å². The monoisotopic (exact) mass is 374 g/mol. The van der Waals surface area contributed by atoms with Crippen molar-refractivity contribution >= 4 is 35.0 Å². The van der Waals surface area contributed by atoms with Crippen molar-refractivity contribution in [2.45, 2.75) is 23.7 Å². The lowest BCUT2D eigenvalue weighted by atomic mass is 10.0. The van der Waals surface area contributed by atoms with Crippen LogP contribution in [0.2, 0.25) is 0 Å². The first-order valence-electron chi connectivity index (χ1n) is 7.55. The molecule has 0 aromatic heterocycles. The molecule has 24 heavy (non-hydrogen) atoms. The summed E-state index contributed by atoms with van der Waals surface area (Å²) in [6, 6.07) is 5.00. The summed E-state index contributed by atoms with van der Waals surface area (Å²) in [6.07, 6.45) is 1.30. The fraction of sp³-hybridized carbons (Fsp3) is 0.500. The number of carbonyl (C=O) groups is 2. The average Bonchev–Trinajstić information content (AvgIpc) is 2.61. The van der Waals surface area contributed by atoms with Gasteiger partial charge in [0, 0.05) is 30.8 Å². The first-order chi connectivity index (χ1) is 11.4. The van der Waals surface area contributed by atoms with E-state index in [2.05, 4.69) is 5.32 Å². The van der Waals surface area contributed by atoms with Gasteiger partial charge in [0.2, 0.25) is 0 Å². The zero-order chi connectivity index (χ0) is 17.7. The zero-order valence-electron chi connectivity index (χ0n) is 13.6. The van der Waals surface area contributed by atoms with Gasteiger partial charge in [0.15, 0.2) is 4.84 Å². The van der Waals surface area contributed by atoms with E-state index in [1.54, 1.807) is 23.1 Å². The Morgan fingerprint density at radius 1 is 1.12 bits per heavy atom. The molecule has 1 aromatic carbocycles. The van der Waals surface area contributed by atoms with E-state index in [1.807, 2.05) is 0 Å². The van der Waals surface area contributed by atoms with Crippen LogP contribution in [0.5, 0.6) is 11.5 Å². The second-order valence-corrected chi connectivity index (χ2v) is 6.57. The van der Waals surface area contributed by atoms with Crippen LogP contribution in [0.4, 0.5) is 0 Å². The Labute approximate surface area is 151 Å². The molecule has 0 aliphatic carbocycles. The van der Waals surface area contributed by atoms with Crippen molar-refractivity contribution in [3.63, 3.8) is 0 Å². The summed E-state index contributed by atoms with van der Waals surface area (Å²) in [5, 5.41) is 2.97. The summed E-state index contributed by atoms with van der Waals surface area (Å²) in [5.41, 5.74) is 0.464. The molecule has 0 saturated carbocycles. The molecule has 1 heterocycles. The standard InChI is InChI=1S/C16H20Cl2N2O4/c1-23-12-7-10(8-13(9-12)24-2)15(21)19-11-3-5-20(6-4-11)16(22)14(17)18/h7-9,11,14H,3-6H2,1-2H3,(H,19,21). The molecule has 0 unspecified atom stereocenters. The summed E-state index contributed by atoms with van der Waals surface area (Å²) < 4.78 is 10.3. The molecule has 1 fully saturated rings. The van der Waals surface area contributed by atoms with Crippen molar-refractivity contribution in [2.24, 2.45) is 0 Å². The van der Waals surface area contributed by atoms with E-state index in [1.165, 1.54) is 14.2 Å². The van der Waals surface area contributed by atoms with Crippen molar-refractivity contribution < 1.29 is 19.1 Å². The highest BCUT2D eigenvalue weighted by molar-refractivity contribution is 6.53. The molecule has 2 rings (SSSR count). The van der Waals surface area contributed by atoms with Crippen LogP contribution in [-0.4, -0.2) is 54.9 Å². The normalized spacial score (nSPS) is 15.3. The number of halogens is 2. The van der Waals surface area contributed by atoms with Gasteiger partial charge in [-0.05, 0) is 25.0 Å². The first kappa shape index (κ1) is 18.7. The van der Waals surface area contributed by atoms with Crippen LogP contribution in [0.1, 0.15) is 23.2 Å². The number of likely N-dealkylation sites (tertiary alicyclic amines) is 1. The van der Waals surface area contributed by atoms with Crippen molar-refractivity contribution in [1.29, 1.82) is 0 Å². The molecule has 0 bridgehead atoms. The quantitative estimate of drug-likeness (QED) is 0.802. The largest absolute Gasteiger partial charge is 0.497 e. The lowest BCUT2D eigenvalue weighted by Gasteiger charge is -2.32. The third-order valence-corrected chi connectivity index (χ3v) is 4.32. The Hall–Kier alpha value is -1.66. The molecule has 1 aliphatic rings. The predicted molar refractivity (Wildman–Crippen MR) is 92.1 cm³/mol. The SMILES string of the molecule is COc1cc(OC)cc(C(=O)NC2CCN(C(=O)C(Cl)Cl)CC2)c1. The first-order valence-corrected chi connectivity index (χ1v) is 8.42. The highest BCUT2D eigenvalue weighted by Crippen LogP contribution is 2.23.